The van der Waals surface area contributed by atoms with E-state index in [9.17, 15) is 9.59 Å². The van der Waals surface area contributed by atoms with Crippen LogP contribution >= 0.6 is 0 Å². The zero-order valence-electron chi connectivity index (χ0n) is 10.6. The average molecular weight is 296 g/mol. The monoisotopic (exact) mass is 296 g/mol. The van der Waals surface area contributed by atoms with E-state index in [0.717, 1.165) is 12.1 Å². The molecule has 0 unspecified atom stereocenters. The molecule has 2 rings (SSSR count). The first-order valence-electron chi connectivity index (χ1n) is 5.52. The molecule has 0 aliphatic carbocycles. The van der Waals surface area contributed by atoms with Gasteiger partial charge in [-0.3, -0.25) is 4.79 Å². The molecule has 0 bridgehead atoms. The molecule has 0 aliphatic heterocycles. The van der Waals surface area contributed by atoms with Crippen molar-refractivity contribution in [3.8, 4) is 17.2 Å². The van der Waals surface area contributed by atoms with Gasteiger partial charge < -0.3 is 29.9 Å². The summed E-state index contributed by atoms with van der Waals surface area (Å²) in [5.74, 6) is -2.67. The number of aromatic carboxylic acids is 1. The zero-order chi connectivity index (χ0) is 16.0. The smallest absolute Gasteiger partial charge is 0.335 e. The summed E-state index contributed by atoms with van der Waals surface area (Å²) < 4.78 is 4.76. The van der Waals surface area contributed by atoms with Crippen LogP contribution in [0.15, 0.2) is 28.7 Å². The van der Waals surface area contributed by atoms with Crippen molar-refractivity contribution in [3.05, 3.63) is 41.3 Å². The molecule has 2 aromatic rings. The molecular weight excluding hydrogens is 284 g/mol. The number of hydrogen-bond acceptors (Lipinski definition) is 7. The van der Waals surface area contributed by atoms with Crippen LogP contribution in [0, 0.1) is 0 Å². The van der Waals surface area contributed by atoms with Crippen LogP contribution in [0.2, 0.25) is 0 Å². The number of carboxylic acid groups (broad SMARTS) is 1. The minimum Gasteiger partial charge on any atom is -0.504 e. The third-order valence-corrected chi connectivity index (χ3v) is 2.27. The van der Waals surface area contributed by atoms with E-state index in [1.54, 1.807) is 6.07 Å². The van der Waals surface area contributed by atoms with Crippen LogP contribution < -0.4 is 0 Å². The standard InChI is InChI=1S/C7H6O5.C6H6O3/c8-4-1-3(7(11)12)2-5(9)6(4)10;7-3-5-1-2-6(4-8)9-5/h1-2,8-10H,(H,11,12);1-3,8H,4H2. The van der Waals surface area contributed by atoms with Gasteiger partial charge in [0.1, 0.15) is 12.4 Å². The number of carboxylic acids is 1. The van der Waals surface area contributed by atoms with Crippen LogP contribution in [0.4, 0.5) is 0 Å². The van der Waals surface area contributed by atoms with Gasteiger partial charge in [0, 0.05) is 0 Å². The molecule has 0 fully saturated rings. The fraction of sp³-hybridized carbons (Fsp3) is 0.0769. The molecule has 0 saturated heterocycles. The largest absolute Gasteiger partial charge is 0.504 e. The number of aliphatic hydroxyl groups is 1. The van der Waals surface area contributed by atoms with E-state index in [4.69, 9.17) is 29.9 Å². The third-order valence-electron chi connectivity index (χ3n) is 2.27. The van der Waals surface area contributed by atoms with Gasteiger partial charge in [0.15, 0.2) is 29.3 Å². The number of rotatable bonds is 3. The minimum atomic E-state index is -1.29. The van der Waals surface area contributed by atoms with Gasteiger partial charge in [-0.15, -0.1) is 0 Å². The van der Waals surface area contributed by atoms with E-state index in [1.807, 2.05) is 0 Å². The van der Waals surface area contributed by atoms with Crippen molar-refractivity contribution in [3.63, 3.8) is 0 Å². The molecule has 0 amide bonds. The van der Waals surface area contributed by atoms with Crippen molar-refractivity contribution < 1.29 is 39.5 Å². The number of furan rings is 1. The number of phenols is 3. The molecule has 1 aromatic heterocycles. The lowest BCUT2D eigenvalue weighted by Crippen LogP contribution is -1.95. The number of aldehydes is 1. The summed E-state index contributed by atoms with van der Waals surface area (Å²) in [7, 11) is 0. The van der Waals surface area contributed by atoms with E-state index >= 15 is 0 Å². The highest BCUT2D eigenvalue weighted by molar-refractivity contribution is 5.89. The van der Waals surface area contributed by atoms with Crippen LogP contribution in [0.5, 0.6) is 17.2 Å². The number of carbonyl (C=O) groups excluding carboxylic acids is 1. The van der Waals surface area contributed by atoms with Crippen LogP contribution in [-0.2, 0) is 6.61 Å². The summed E-state index contributed by atoms with van der Waals surface area (Å²) in [6.07, 6.45) is 0.596. The van der Waals surface area contributed by atoms with Gasteiger partial charge in [-0.1, -0.05) is 0 Å². The maximum absolute atomic E-state index is 10.3. The van der Waals surface area contributed by atoms with Crippen LogP contribution in [0.3, 0.4) is 0 Å². The normalized spacial score (nSPS) is 9.57. The Morgan fingerprint density at radius 2 is 1.71 bits per heavy atom. The molecule has 8 nitrogen and oxygen atoms in total. The first-order chi connectivity index (χ1) is 9.88. The lowest BCUT2D eigenvalue weighted by Gasteiger charge is -2.01. The van der Waals surface area contributed by atoms with Gasteiger partial charge in [0.05, 0.1) is 5.56 Å². The van der Waals surface area contributed by atoms with Crippen LogP contribution in [0.1, 0.15) is 26.7 Å². The molecule has 1 aromatic carbocycles. The molecule has 8 heteroatoms. The lowest BCUT2D eigenvalue weighted by molar-refractivity contribution is 0.0695. The molecule has 0 atom stereocenters. The molecule has 21 heavy (non-hydrogen) atoms. The lowest BCUT2D eigenvalue weighted by atomic mass is 10.2. The predicted molar refractivity (Wildman–Crippen MR) is 68.4 cm³/mol. The molecule has 5 N–H and O–H groups in total. The Balaban J connectivity index is 0.000000219. The molecule has 0 radical (unpaired) electrons. The summed E-state index contributed by atoms with van der Waals surface area (Å²) in [4.78, 5) is 20.3. The van der Waals surface area contributed by atoms with Gasteiger partial charge in [0.2, 0.25) is 0 Å². The Morgan fingerprint density at radius 3 is 2.05 bits per heavy atom. The number of phenolic OH excluding ortho intramolecular Hbond substituents is 3. The van der Waals surface area contributed by atoms with Crippen LogP contribution in [0.25, 0.3) is 0 Å². The second-order valence-corrected chi connectivity index (χ2v) is 3.75. The van der Waals surface area contributed by atoms with Crippen molar-refractivity contribution in [1.82, 2.24) is 0 Å². The molecule has 112 valence electrons. The van der Waals surface area contributed by atoms with Crippen LogP contribution in [-0.4, -0.2) is 37.8 Å². The van der Waals surface area contributed by atoms with Crippen molar-refractivity contribution in [2.45, 2.75) is 6.61 Å². The quantitative estimate of drug-likeness (QED) is 0.417. The van der Waals surface area contributed by atoms with Crippen molar-refractivity contribution in [2.24, 2.45) is 0 Å². The summed E-state index contributed by atoms with van der Waals surface area (Å²) in [6.45, 7) is -0.159. The van der Waals surface area contributed by atoms with Gasteiger partial charge in [0.25, 0.3) is 0 Å². The van der Waals surface area contributed by atoms with Crippen molar-refractivity contribution >= 4 is 12.3 Å². The number of benzene rings is 1. The predicted octanol–water partition coefficient (Wildman–Crippen LogP) is 1.09. The van der Waals surface area contributed by atoms with Gasteiger partial charge in [-0.25, -0.2) is 4.79 Å². The third kappa shape index (κ3) is 4.25. The summed E-state index contributed by atoms with van der Waals surface area (Å²) in [5, 5.41) is 43.4. The minimum absolute atomic E-state index is 0.159. The molecule has 0 saturated carbocycles. The molecular formula is C13H12O8. The maximum Gasteiger partial charge on any atom is 0.335 e. The Bertz CT molecular complexity index is 620. The van der Waals surface area contributed by atoms with Gasteiger partial charge in [-0.05, 0) is 24.3 Å². The SMILES string of the molecule is O=C(O)c1cc(O)c(O)c(O)c1.O=Cc1ccc(CO)o1. The number of aromatic hydroxyl groups is 3. The van der Waals surface area contributed by atoms with E-state index < -0.39 is 23.2 Å². The maximum atomic E-state index is 10.3. The second kappa shape index (κ2) is 6.96. The van der Waals surface area contributed by atoms with E-state index in [0.29, 0.717) is 12.0 Å². The van der Waals surface area contributed by atoms with Gasteiger partial charge >= 0.3 is 5.97 Å². The van der Waals surface area contributed by atoms with Crippen molar-refractivity contribution in [2.75, 3.05) is 0 Å². The molecule has 0 aliphatic rings. The Labute approximate surface area is 118 Å². The average Bonchev–Trinajstić information content (AvgIpc) is 2.93. The highest BCUT2D eigenvalue weighted by Gasteiger charge is 2.11. The van der Waals surface area contributed by atoms with E-state index in [-0.39, 0.29) is 17.9 Å². The van der Waals surface area contributed by atoms with E-state index in [2.05, 4.69) is 0 Å². The van der Waals surface area contributed by atoms with Crippen molar-refractivity contribution in [1.29, 1.82) is 0 Å². The highest BCUT2D eigenvalue weighted by Crippen LogP contribution is 2.35. The molecule has 0 spiro atoms. The second-order valence-electron chi connectivity index (χ2n) is 3.75. The molecule has 1 heterocycles. The number of hydrogen-bond donors (Lipinski definition) is 5. The summed E-state index contributed by atoms with van der Waals surface area (Å²) in [5.41, 5.74) is -0.289. The Morgan fingerprint density at radius 1 is 1.14 bits per heavy atom. The zero-order valence-corrected chi connectivity index (χ0v) is 10.6. The summed E-state index contributed by atoms with van der Waals surface area (Å²) in [6, 6.07) is 4.76. The first kappa shape index (κ1) is 16.1. The fourth-order valence-electron chi connectivity index (χ4n) is 1.27. The summed E-state index contributed by atoms with van der Waals surface area (Å²) >= 11 is 0. The topological polar surface area (TPSA) is 148 Å². The van der Waals surface area contributed by atoms with E-state index in [1.165, 1.54) is 6.07 Å². The Hall–Kier alpha value is -3.00. The van der Waals surface area contributed by atoms with Gasteiger partial charge in [-0.2, -0.15) is 0 Å². The highest BCUT2D eigenvalue weighted by atomic mass is 16.4. The fourth-order valence-corrected chi connectivity index (χ4v) is 1.27. The first-order valence-corrected chi connectivity index (χ1v) is 5.52. The Kier molecular flexibility index (Phi) is 5.32. The number of aliphatic hydroxyl groups excluding tert-OH is 1. The number of carbonyl (C=O) groups is 2.